The smallest absolute Gasteiger partial charge is 0.407 e. The predicted octanol–water partition coefficient (Wildman–Crippen LogP) is 0.676. The topological polar surface area (TPSA) is 129 Å². The largest absolute Gasteiger partial charge is 0.482 e. The number of amides is 2. The number of aliphatic hydroxyl groups excluding tert-OH is 2. The normalized spacial score (nSPS) is 15.8. The molecule has 9 nitrogen and oxygen atoms in total. The molecule has 1 aliphatic rings. The zero-order valence-corrected chi connectivity index (χ0v) is 15.0. The molecule has 26 heavy (non-hydrogen) atoms. The van der Waals surface area contributed by atoms with E-state index < -0.39 is 23.9 Å². The number of benzene rings is 1. The molecule has 2 atom stereocenters. The van der Waals surface area contributed by atoms with Crippen LogP contribution in [0.2, 0.25) is 0 Å². The molecule has 1 aliphatic heterocycles. The molecule has 2 amide bonds. The zero-order valence-electron chi connectivity index (χ0n) is 15.0. The Balaban J connectivity index is 1.79. The number of anilines is 2. The third-order valence-corrected chi connectivity index (χ3v) is 3.43. The Labute approximate surface area is 151 Å². The van der Waals surface area contributed by atoms with Crippen molar-refractivity contribution in [2.75, 3.05) is 30.3 Å². The van der Waals surface area contributed by atoms with Crippen LogP contribution in [0.15, 0.2) is 18.2 Å². The quantitative estimate of drug-likeness (QED) is 0.500. The fourth-order valence-corrected chi connectivity index (χ4v) is 2.19. The summed E-state index contributed by atoms with van der Waals surface area (Å²) in [7, 11) is 0. The number of ether oxygens (including phenoxy) is 2. The highest BCUT2D eigenvalue weighted by atomic mass is 16.6. The Kier molecular flexibility index (Phi) is 6.27. The van der Waals surface area contributed by atoms with Gasteiger partial charge < -0.3 is 35.6 Å². The first kappa shape index (κ1) is 19.8. The van der Waals surface area contributed by atoms with Crippen molar-refractivity contribution >= 4 is 23.4 Å². The monoisotopic (exact) mass is 367 g/mol. The molecule has 0 unspecified atom stereocenters. The van der Waals surface area contributed by atoms with Gasteiger partial charge >= 0.3 is 6.09 Å². The summed E-state index contributed by atoms with van der Waals surface area (Å²) in [6.45, 7) is 5.07. The van der Waals surface area contributed by atoms with E-state index in [1.807, 2.05) is 0 Å². The van der Waals surface area contributed by atoms with Gasteiger partial charge in [-0.2, -0.15) is 0 Å². The van der Waals surface area contributed by atoms with Gasteiger partial charge in [0.05, 0.1) is 17.9 Å². The Morgan fingerprint density at radius 1 is 1.31 bits per heavy atom. The van der Waals surface area contributed by atoms with Crippen molar-refractivity contribution in [1.82, 2.24) is 5.32 Å². The van der Waals surface area contributed by atoms with E-state index in [2.05, 4.69) is 16.0 Å². The number of hydrogen-bond donors (Lipinski definition) is 5. The van der Waals surface area contributed by atoms with Crippen LogP contribution >= 0.6 is 0 Å². The predicted molar refractivity (Wildman–Crippen MR) is 95.3 cm³/mol. The van der Waals surface area contributed by atoms with Gasteiger partial charge in [-0.1, -0.05) is 0 Å². The van der Waals surface area contributed by atoms with Crippen molar-refractivity contribution < 1.29 is 29.3 Å². The molecule has 9 heteroatoms. The number of aliphatic hydroxyl groups is 2. The first-order valence-corrected chi connectivity index (χ1v) is 8.27. The number of alkyl carbamates (subject to hydrolysis) is 1. The molecule has 0 fully saturated rings. The number of fused-ring (bicyclic) bond motifs is 1. The van der Waals surface area contributed by atoms with E-state index in [1.54, 1.807) is 39.0 Å². The highest BCUT2D eigenvalue weighted by Gasteiger charge is 2.21. The second-order valence-electron chi connectivity index (χ2n) is 6.95. The van der Waals surface area contributed by atoms with Crippen molar-refractivity contribution in [2.24, 2.45) is 0 Å². The summed E-state index contributed by atoms with van der Waals surface area (Å²) in [6.07, 6.45) is -2.95. The van der Waals surface area contributed by atoms with E-state index in [-0.39, 0.29) is 25.6 Å². The maximum atomic E-state index is 11.5. The molecule has 144 valence electrons. The van der Waals surface area contributed by atoms with Gasteiger partial charge in [0.2, 0.25) is 0 Å². The van der Waals surface area contributed by atoms with Gasteiger partial charge in [0, 0.05) is 18.8 Å². The van der Waals surface area contributed by atoms with Crippen molar-refractivity contribution in [2.45, 2.75) is 38.6 Å². The molecule has 0 saturated heterocycles. The van der Waals surface area contributed by atoms with Crippen molar-refractivity contribution in [1.29, 1.82) is 0 Å². The zero-order chi connectivity index (χ0) is 19.3. The SMILES string of the molecule is CC(C)(C)OC(=O)NC[C@@H](O)[C@H](O)CNc1ccc2c(c1)NC(=O)CO2. The standard InChI is InChI=1S/C17H25N3O6/c1-17(2,3)26-16(24)19-8-13(22)12(21)7-18-10-4-5-14-11(6-10)20-15(23)9-25-14/h4-6,12-13,18,21-22H,7-9H2,1-3H3,(H,19,24)(H,20,23)/t12-,13-/m1/s1. The molecule has 5 N–H and O–H groups in total. The maximum Gasteiger partial charge on any atom is 0.407 e. The average molecular weight is 367 g/mol. The summed E-state index contributed by atoms with van der Waals surface area (Å²) in [5.41, 5.74) is 0.537. The van der Waals surface area contributed by atoms with Gasteiger partial charge in [-0.15, -0.1) is 0 Å². The molecular weight excluding hydrogens is 342 g/mol. The lowest BCUT2D eigenvalue weighted by molar-refractivity contribution is -0.118. The van der Waals surface area contributed by atoms with Crippen LogP contribution < -0.4 is 20.7 Å². The second kappa shape index (κ2) is 8.24. The number of rotatable bonds is 6. The summed E-state index contributed by atoms with van der Waals surface area (Å²) in [5, 5.41) is 28.0. The summed E-state index contributed by atoms with van der Waals surface area (Å²) < 4.78 is 10.3. The Hall–Kier alpha value is -2.52. The Morgan fingerprint density at radius 3 is 2.69 bits per heavy atom. The fraction of sp³-hybridized carbons (Fsp3) is 0.529. The lowest BCUT2D eigenvalue weighted by atomic mass is 10.2. The summed E-state index contributed by atoms with van der Waals surface area (Å²) in [4.78, 5) is 22.9. The first-order valence-electron chi connectivity index (χ1n) is 8.27. The van der Waals surface area contributed by atoms with Crippen molar-refractivity contribution in [3.63, 3.8) is 0 Å². The lowest BCUT2D eigenvalue weighted by Crippen LogP contribution is -2.43. The molecule has 1 heterocycles. The average Bonchev–Trinajstić information content (AvgIpc) is 2.55. The minimum Gasteiger partial charge on any atom is -0.482 e. The number of carbonyl (C=O) groups is 2. The van der Waals surface area contributed by atoms with Crippen molar-refractivity contribution in [3.05, 3.63) is 18.2 Å². The highest BCUT2D eigenvalue weighted by Crippen LogP contribution is 2.30. The minimum atomic E-state index is -1.17. The van der Waals surface area contributed by atoms with E-state index in [1.165, 1.54) is 0 Å². The van der Waals surface area contributed by atoms with E-state index in [9.17, 15) is 19.8 Å². The Morgan fingerprint density at radius 2 is 2.00 bits per heavy atom. The lowest BCUT2D eigenvalue weighted by Gasteiger charge is -2.23. The third kappa shape index (κ3) is 6.08. The number of hydrogen-bond acceptors (Lipinski definition) is 7. The number of nitrogens with one attached hydrogen (secondary N) is 3. The second-order valence-corrected chi connectivity index (χ2v) is 6.95. The number of carbonyl (C=O) groups excluding carboxylic acids is 2. The summed E-state index contributed by atoms with van der Waals surface area (Å²) >= 11 is 0. The molecule has 2 rings (SSSR count). The van der Waals surface area contributed by atoms with Crippen LogP contribution in [0.4, 0.5) is 16.2 Å². The molecule has 0 saturated carbocycles. The van der Waals surface area contributed by atoms with E-state index in [0.717, 1.165) is 0 Å². The summed E-state index contributed by atoms with van der Waals surface area (Å²) in [6, 6.07) is 5.10. The molecule has 1 aromatic rings. The molecule has 1 aromatic carbocycles. The van der Waals surface area contributed by atoms with Crippen LogP contribution in [-0.4, -0.2) is 59.7 Å². The van der Waals surface area contributed by atoms with Gasteiger partial charge in [-0.3, -0.25) is 4.79 Å². The van der Waals surface area contributed by atoms with Gasteiger partial charge in [-0.05, 0) is 39.0 Å². The Bertz CT molecular complexity index is 658. The van der Waals surface area contributed by atoms with E-state index in [0.29, 0.717) is 17.1 Å². The van der Waals surface area contributed by atoms with Crippen LogP contribution in [0.3, 0.4) is 0 Å². The molecule has 0 spiro atoms. The van der Waals surface area contributed by atoms with Crippen LogP contribution in [0.1, 0.15) is 20.8 Å². The van der Waals surface area contributed by atoms with Crippen LogP contribution in [-0.2, 0) is 9.53 Å². The van der Waals surface area contributed by atoms with Crippen LogP contribution in [0.25, 0.3) is 0 Å². The minimum absolute atomic E-state index is 0.0185. The molecule has 0 radical (unpaired) electrons. The maximum absolute atomic E-state index is 11.5. The highest BCUT2D eigenvalue weighted by molar-refractivity contribution is 5.96. The van der Waals surface area contributed by atoms with E-state index in [4.69, 9.17) is 9.47 Å². The molecule has 0 aromatic heterocycles. The summed E-state index contributed by atoms with van der Waals surface area (Å²) in [5.74, 6) is 0.329. The molecule has 0 aliphatic carbocycles. The molecule has 0 bridgehead atoms. The van der Waals surface area contributed by atoms with Crippen LogP contribution in [0, 0.1) is 0 Å². The first-order chi connectivity index (χ1) is 12.1. The van der Waals surface area contributed by atoms with Gasteiger partial charge in [0.25, 0.3) is 5.91 Å². The fourth-order valence-electron chi connectivity index (χ4n) is 2.19. The van der Waals surface area contributed by atoms with E-state index >= 15 is 0 Å². The van der Waals surface area contributed by atoms with Crippen molar-refractivity contribution in [3.8, 4) is 5.75 Å². The van der Waals surface area contributed by atoms with Gasteiger partial charge in [0.15, 0.2) is 6.61 Å². The third-order valence-electron chi connectivity index (χ3n) is 3.43. The van der Waals surface area contributed by atoms with Gasteiger partial charge in [-0.25, -0.2) is 4.79 Å². The van der Waals surface area contributed by atoms with Gasteiger partial charge in [0.1, 0.15) is 11.4 Å². The molecular formula is C17H25N3O6. The van der Waals surface area contributed by atoms with Crippen LogP contribution in [0.5, 0.6) is 5.75 Å².